The first-order valence-electron chi connectivity index (χ1n) is 7.67. The van der Waals surface area contributed by atoms with E-state index in [4.69, 9.17) is 0 Å². The van der Waals surface area contributed by atoms with Gasteiger partial charge < -0.3 is 9.88 Å². The molecular formula is C18H19FN2. The molecule has 2 aromatic rings. The predicted molar refractivity (Wildman–Crippen MR) is 83.6 cm³/mol. The van der Waals surface area contributed by atoms with Crippen LogP contribution in [0.4, 0.5) is 4.39 Å². The van der Waals surface area contributed by atoms with Crippen LogP contribution in [0.2, 0.25) is 0 Å². The molecule has 1 aromatic carbocycles. The smallest absolute Gasteiger partial charge is 0.123 e. The molecule has 3 heteroatoms. The fraction of sp³-hybridized carbons (Fsp3) is 0.333. The van der Waals surface area contributed by atoms with E-state index < -0.39 is 0 Å². The van der Waals surface area contributed by atoms with E-state index in [1.807, 2.05) is 6.07 Å². The molecule has 1 aromatic heterocycles. The number of allylic oxidation sites excluding steroid dienone is 2. The Kier molecular flexibility index (Phi) is 3.06. The van der Waals surface area contributed by atoms with E-state index in [1.165, 1.54) is 24.5 Å². The minimum atomic E-state index is -0.151. The third-order valence-electron chi connectivity index (χ3n) is 4.83. The summed E-state index contributed by atoms with van der Waals surface area (Å²) in [6.45, 7) is 1.01. The van der Waals surface area contributed by atoms with Gasteiger partial charge in [-0.2, -0.15) is 0 Å². The van der Waals surface area contributed by atoms with Gasteiger partial charge in [0.25, 0.3) is 0 Å². The SMILES string of the molecule is Fc1ccc2[nH]cc(C3CCC(N4C=CC=CC4)C3)c2c1. The average Bonchev–Trinajstić information content (AvgIpc) is 3.14. The fourth-order valence-corrected chi connectivity index (χ4v) is 3.75. The fourth-order valence-electron chi connectivity index (χ4n) is 3.75. The topological polar surface area (TPSA) is 19.0 Å². The Labute approximate surface area is 124 Å². The van der Waals surface area contributed by atoms with E-state index in [-0.39, 0.29) is 5.82 Å². The largest absolute Gasteiger partial charge is 0.371 e. The molecule has 2 nitrogen and oxygen atoms in total. The molecule has 21 heavy (non-hydrogen) atoms. The number of fused-ring (bicyclic) bond motifs is 1. The number of aromatic nitrogens is 1. The van der Waals surface area contributed by atoms with Gasteiger partial charge in [-0.1, -0.05) is 12.2 Å². The Bertz CT molecular complexity index is 713. The lowest BCUT2D eigenvalue weighted by Crippen LogP contribution is -2.29. The molecule has 0 amide bonds. The van der Waals surface area contributed by atoms with Crippen molar-refractivity contribution < 1.29 is 4.39 Å². The van der Waals surface area contributed by atoms with Gasteiger partial charge in [-0.15, -0.1) is 0 Å². The first kappa shape index (κ1) is 12.7. The molecule has 4 rings (SSSR count). The van der Waals surface area contributed by atoms with Crippen molar-refractivity contribution in [3.05, 3.63) is 60.2 Å². The number of H-pyrrole nitrogens is 1. The van der Waals surface area contributed by atoms with Crippen LogP contribution in [0.5, 0.6) is 0 Å². The summed E-state index contributed by atoms with van der Waals surface area (Å²) in [7, 11) is 0. The molecule has 2 atom stereocenters. The summed E-state index contributed by atoms with van der Waals surface area (Å²) in [5, 5.41) is 1.05. The second kappa shape index (κ2) is 5.06. The summed E-state index contributed by atoms with van der Waals surface area (Å²) in [4.78, 5) is 5.71. The molecule has 2 heterocycles. The molecular weight excluding hydrogens is 263 g/mol. The van der Waals surface area contributed by atoms with Crippen molar-refractivity contribution in [1.82, 2.24) is 9.88 Å². The second-order valence-corrected chi connectivity index (χ2v) is 6.06. The normalized spacial score (nSPS) is 25.1. The quantitative estimate of drug-likeness (QED) is 0.868. The summed E-state index contributed by atoms with van der Waals surface area (Å²) in [5.41, 5.74) is 2.32. The molecule has 108 valence electrons. The van der Waals surface area contributed by atoms with Crippen LogP contribution in [0.15, 0.2) is 48.8 Å². The number of aromatic amines is 1. The zero-order valence-electron chi connectivity index (χ0n) is 11.9. The van der Waals surface area contributed by atoms with Crippen molar-refractivity contribution in [3.63, 3.8) is 0 Å². The van der Waals surface area contributed by atoms with Gasteiger partial charge in [0.2, 0.25) is 0 Å². The summed E-state index contributed by atoms with van der Waals surface area (Å²) < 4.78 is 13.5. The first-order valence-corrected chi connectivity index (χ1v) is 7.67. The van der Waals surface area contributed by atoms with Crippen LogP contribution < -0.4 is 0 Å². The van der Waals surface area contributed by atoms with Gasteiger partial charge in [-0.05, 0) is 61.2 Å². The highest BCUT2D eigenvalue weighted by atomic mass is 19.1. The van der Waals surface area contributed by atoms with Gasteiger partial charge in [0.1, 0.15) is 5.82 Å². The summed E-state index contributed by atoms with van der Waals surface area (Å²) in [5.74, 6) is 0.381. The molecule has 2 unspecified atom stereocenters. The number of nitrogens with one attached hydrogen (secondary N) is 1. The van der Waals surface area contributed by atoms with Crippen molar-refractivity contribution in [3.8, 4) is 0 Å². The lowest BCUT2D eigenvalue weighted by atomic mass is 9.96. The maximum Gasteiger partial charge on any atom is 0.123 e. The predicted octanol–water partition coefficient (Wildman–Crippen LogP) is 4.33. The van der Waals surface area contributed by atoms with Crippen LogP contribution in [-0.2, 0) is 0 Å². The number of halogens is 1. The Morgan fingerprint density at radius 1 is 1.19 bits per heavy atom. The van der Waals surface area contributed by atoms with Crippen molar-refractivity contribution in [2.75, 3.05) is 6.54 Å². The van der Waals surface area contributed by atoms with Gasteiger partial charge in [0.15, 0.2) is 0 Å². The van der Waals surface area contributed by atoms with Crippen molar-refractivity contribution in [2.45, 2.75) is 31.2 Å². The number of benzene rings is 1. The average molecular weight is 282 g/mol. The molecule has 2 aliphatic rings. The van der Waals surface area contributed by atoms with E-state index in [9.17, 15) is 4.39 Å². The lowest BCUT2D eigenvalue weighted by molar-refractivity contribution is 0.301. The van der Waals surface area contributed by atoms with Gasteiger partial charge >= 0.3 is 0 Å². The highest BCUT2D eigenvalue weighted by Crippen LogP contribution is 2.40. The Morgan fingerprint density at radius 3 is 3.00 bits per heavy atom. The molecule has 1 N–H and O–H groups in total. The van der Waals surface area contributed by atoms with E-state index in [0.717, 1.165) is 23.9 Å². The number of hydrogen-bond acceptors (Lipinski definition) is 1. The molecule has 0 spiro atoms. The van der Waals surface area contributed by atoms with Crippen LogP contribution >= 0.6 is 0 Å². The van der Waals surface area contributed by atoms with Crippen LogP contribution in [0.3, 0.4) is 0 Å². The minimum Gasteiger partial charge on any atom is -0.371 e. The molecule has 0 bridgehead atoms. The van der Waals surface area contributed by atoms with Crippen LogP contribution in [0.1, 0.15) is 30.7 Å². The third kappa shape index (κ3) is 2.27. The monoisotopic (exact) mass is 282 g/mol. The highest BCUT2D eigenvalue weighted by molar-refractivity contribution is 5.83. The maximum absolute atomic E-state index is 13.5. The second-order valence-electron chi connectivity index (χ2n) is 6.06. The van der Waals surface area contributed by atoms with Gasteiger partial charge in [-0.3, -0.25) is 0 Å². The standard InChI is InChI=1S/C18H19FN2/c19-14-5-7-18-16(11-14)17(12-20-18)13-4-6-15(10-13)21-8-2-1-3-9-21/h1-3,5,7-8,11-13,15,20H,4,6,9-10H2. The molecule has 0 saturated heterocycles. The van der Waals surface area contributed by atoms with E-state index in [2.05, 4.69) is 40.5 Å². The summed E-state index contributed by atoms with van der Waals surface area (Å²) >= 11 is 0. The van der Waals surface area contributed by atoms with Gasteiger partial charge in [0, 0.05) is 29.7 Å². The highest BCUT2D eigenvalue weighted by Gasteiger charge is 2.30. The van der Waals surface area contributed by atoms with Crippen LogP contribution in [0, 0.1) is 5.82 Å². The van der Waals surface area contributed by atoms with E-state index in [0.29, 0.717) is 12.0 Å². The zero-order valence-corrected chi connectivity index (χ0v) is 11.9. The number of hydrogen-bond donors (Lipinski definition) is 1. The Hall–Kier alpha value is -2.03. The molecule has 1 fully saturated rings. The maximum atomic E-state index is 13.5. The Balaban J connectivity index is 1.58. The molecule has 1 aliphatic carbocycles. The summed E-state index contributed by atoms with van der Waals surface area (Å²) in [6.07, 6.45) is 14.2. The van der Waals surface area contributed by atoms with E-state index in [1.54, 1.807) is 6.07 Å². The molecule has 1 aliphatic heterocycles. The van der Waals surface area contributed by atoms with Crippen LogP contribution in [-0.4, -0.2) is 22.5 Å². The zero-order chi connectivity index (χ0) is 14.2. The molecule has 1 saturated carbocycles. The van der Waals surface area contributed by atoms with Crippen molar-refractivity contribution >= 4 is 10.9 Å². The molecule has 0 radical (unpaired) electrons. The van der Waals surface area contributed by atoms with Crippen molar-refractivity contribution in [2.24, 2.45) is 0 Å². The number of rotatable bonds is 2. The lowest BCUT2D eigenvalue weighted by Gasteiger charge is -2.27. The third-order valence-corrected chi connectivity index (χ3v) is 4.83. The van der Waals surface area contributed by atoms with Crippen LogP contribution in [0.25, 0.3) is 10.9 Å². The van der Waals surface area contributed by atoms with Gasteiger partial charge in [0.05, 0.1) is 0 Å². The van der Waals surface area contributed by atoms with E-state index >= 15 is 0 Å². The summed E-state index contributed by atoms with van der Waals surface area (Å²) in [6, 6.07) is 5.62. The van der Waals surface area contributed by atoms with Crippen molar-refractivity contribution in [1.29, 1.82) is 0 Å². The Morgan fingerprint density at radius 2 is 2.14 bits per heavy atom. The first-order chi connectivity index (χ1) is 10.3. The number of nitrogens with zero attached hydrogens (tertiary/aromatic N) is 1. The van der Waals surface area contributed by atoms with Gasteiger partial charge in [-0.25, -0.2) is 4.39 Å². The minimum absolute atomic E-state index is 0.151.